The molecule has 2 aromatic heterocycles. The van der Waals surface area contributed by atoms with E-state index in [4.69, 9.17) is 10.7 Å². The van der Waals surface area contributed by atoms with Crippen molar-refractivity contribution in [3.63, 3.8) is 0 Å². The first-order valence-corrected chi connectivity index (χ1v) is 15.5. The Kier molecular flexibility index (Phi) is 10.8. The number of nitrogens with zero attached hydrogens (tertiary/aromatic N) is 4. The summed E-state index contributed by atoms with van der Waals surface area (Å²) < 4.78 is 0. The molecule has 4 rings (SSSR count). The van der Waals surface area contributed by atoms with Crippen molar-refractivity contribution in [3.8, 4) is 0 Å². The summed E-state index contributed by atoms with van der Waals surface area (Å²) in [6.45, 7) is 18.7. The largest absolute Gasteiger partial charge is 0.384 e. The third-order valence-corrected chi connectivity index (χ3v) is 8.83. The molecule has 216 valence electrons. The molecule has 0 spiro atoms. The molecule has 2 aliphatic heterocycles. The summed E-state index contributed by atoms with van der Waals surface area (Å²) in [6, 6.07) is 10.8. The Morgan fingerprint density at radius 3 is 2.58 bits per heavy atom. The molecule has 6 heteroatoms. The van der Waals surface area contributed by atoms with Crippen LogP contribution in [0.5, 0.6) is 0 Å². The molecule has 0 radical (unpaired) electrons. The van der Waals surface area contributed by atoms with Gasteiger partial charge in [-0.15, -0.1) is 0 Å². The Morgan fingerprint density at radius 1 is 1.15 bits per heavy atom. The number of likely N-dealkylation sites (tertiary alicyclic amines) is 1. The minimum Gasteiger partial charge on any atom is -0.384 e. The molecule has 40 heavy (non-hydrogen) atoms. The highest BCUT2D eigenvalue weighted by atomic mass is 15.2. The molecular formula is C34H50N6. The Bertz CT molecular complexity index is 1160. The van der Waals surface area contributed by atoms with Gasteiger partial charge in [-0.05, 0) is 105 Å². The standard InChI is InChI=1S/C34H50N6/c1-6-12-31-29(8-3)33(34(40(31)9-4)30-13-10-11-18-37-30)28-16-21-39(22-17-28)25(5)27(7-2)15-19-36-24-26-14-20-38-32(35)23-26/h8,10-11,13-14,18,20,23,27-28,31,36H,5-7,9,12,15-17,19,21-22,24H2,1-4H3,(H2,35,38)/b29-8+. The Hall–Kier alpha value is -3.12. The summed E-state index contributed by atoms with van der Waals surface area (Å²) >= 11 is 0. The van der Waals surface area contributed by atoms with Crippen LogP contribution in [0, 0.1) is 11.8 Å². The molecular weight excluding hydrogens is 492 g/mol. The van der Waals surface area contributed by atoms with E-state index in [-0.39, 0.29) is 0 Å². The maximum Gasteiger partial charge on any atom is 0.123 e. The van der Waals surface area contributed by atoms with Crippen LogP contribution in [0.3, 0.4) is 0 Å². The predicted octanol–water partition coefficient (Wildman–Crippen LogP) is 6.65. The maximum absolute atomic E-state index is 5.82. The molecule has 0 aromatic carbocycles. The van der Waals surface area contributed by atoms with Gasteiger partial charge in [0.1, 0.15) is 5.82 Å². The van der Waals surface area contributed by atoms with E-state index in [1.165, 1.54) is 35.4 Å². The van der Waals surface area contributed by atoms with Crippen molar-refractivity contribution < 1.29 is 0 Å². The number of aromatic nitrogens is 2. The summed E-state index contributed by atoms with van der Waals surface area (Å²) in [6.07, 6.45) is 13.0. The van der Waals surface area contributed by atoms with Gasteiger partial charge in [-0.2, -0.15) is 0 Å². The van der Waals surface area contributed by atoms with Crippen molar-refractivity contribution in [3.05, 3.63) is 83.5 Å². The lowest BCUT2D eigenvalue weighted by Crippen LogP contribution is -2.36. The van der Waals surface area contributed by atoms with Crippen molar-refractivity contribution in [2.75, 3.05) is 31.9 Å². The van der Waals surface area contributed by atoms with Gasteiger partial charge in [0.05, 0.1) is 17.4 Å². The molecule has 6 nitrogen and oxygen atoms in total. The first-order chi connectivity index (χ1) is 19.5. The van der Waals surface area contributed by atoms with E-state index in [1.807, 2.05) is 24.4 Å². The topological polar surface area (TPSA) is 70.3 Å². The molecule has 0 aliphatic carbocycles. The number of nitrogens with one attached hydrogen (secondary N) is 1. The van der Waals surface area contributed by atoms with E-state index in [1.54, 1.807) is 11.8 Å². The first-order valence-electron chi connectivity index (χ1n) is 15.5. The smallest absolute Gasteiger partial charge is 0.123 e. The lowest BCUT2D eigenvalue weighted by molar-refractivity contribution is 0.220. The lowest BCUT2D eigenvalue weighted by Gasteiger charge is -2.38. The fraction of sp³-hybridized carbons (Fsp3) is 0.529. The fourth-order valence-electron chi connectivity index (χ4n) is 6.76. The summed E-state index contributed by atoms with van der Waals surface area (Å²) in [5.41, 5.74) is 13.9. The van der Waals surface area contributed by atoms with E-state index in [0.717, 1.165) is 64.1 Å². The van der Waals surface area contributed by atoms with Gasteiger partial charge in [-0.3, -0.25) is 4.98 Å². The molecule has 0 amide bonds. The Labute approximate surface area is 242 Å². The van der Waals surface area contributed by atoms with Crippen LogP contribution in [0.2, 0.25) is 0 Å². The molecule has 0 saturated carbocycles. The highest BCUT2D eigenvalue weighted by Crippen LogP contribution is 2.46. The number of hydrogen-bond donors (Lipinski definition) is 2. The molecule has 2 aromatic rings. The van der Waals surface area contributed by atoms with Crippen LogP contribution < -0.4 is 11.1 Å². The molecule has 0 bridgehead atoms. The summed E-state index contributed by atoms with van der Waals surface area (Å²) in [7, 11) is 0. The third-order valence-electron chi connectivity index (χ3n) is 8.83. The van der Waals surface area contributed by atoms with E-state index >= 15 is 0 Å². The molecule has 2 atom stereocenters. The van der Waals surface area contributed by atoms with Crippen LogP contribution >= 0.6 is 0 Å². The zero-order valence-electron chi connectivity index (χ0n) is 25.2. The average molecular weight is 543 g/mol. The third kappa shape index (κ3) is 6.77. The van der Waals surface area contributed by atoms with E-state index in [2.05, 4.69) is 72.6 Å². The van der Waals surface area contributed by atoms with Crippen molar-refractivity contribution in [2.24, 2.45) is 11.8 Å². The summed E-state index contributed by atoms with van der Waals surface area (Å²) in [4.78, 5) is 14.1. The van der Waals surface area contributed by atoms with Crippen LogP contribution in [0.15, 0.2) is 72.2 Å². The second kappa shape index (κ2) is 14.5. The maximum atomic E-state index is 5.82. The van der Waals surface area contributed by atoms with Crippen molar-refractivity contribution in [1.29, 1.82) is 0 Å². The number of allylic oxidation sites excluding steroid dienone is 2. The molecule has 1 saturated heterocycles. The number of likely N-dealkylation sites (N-methyl/N-ethyl adjacent to an activating group) is 1. The van der Waals surface area contributed by atoms with E-state index in [9.17, 15) is 0 Å². The van der Waals surface area contributed by atoms with Crippen LogP contribution in [0.4, 0.5) is 5.82 Å². The van der Waals surface area contributed by atoms with Crippen molar-refractivity contribution >= 4 is 11.5 Å². The molecule has 3 N–H and O–H groups in total. The van der Waals surface area contributed by atoms with E-state index in [0.29, 0.717) is 23.7 Å². The number of rotatable bonds is 13. The second-order valence-corrected chi connectivity index (χ2v) is 11.2. The van der Waals surface area contributed by atoms with Crippen LogP contribution in [-0.2, 0) is 6.54 Å². The van der Waals surface area contributed by atoms with Crippen LogP contribution in [0.25, 0.3) is 5.70 Å². The minimum absolute atomic E-state index is 0.459. The van der Waals surface area contributed by atoms with Gasteiger partial charge in [-0.1, -0.05) is 39.0 Å². The van der Waals surface area contributed by atoms with Gasteiger partial charge in [0, 0.05) is 44.3 Å². The fourth-order valence-corrected chi connectivity index (χ4v) is 6.76. The molecule has 2 aliphatic rings. The van der Waals surface area contributed by atoms with Gasteiger partial charge in [0.25, 0.3) is 0 Å². The second-order valence-electron chi connectivity index (χ2n) is 11.2. The molecule has 2 unspecified atom stereocenters. The summed E-state index contributed by atoms with van der Waals surface area (Å²) in [5.74, 6) is 1.63. The molecule has 1 fully saturated rings. The average Bonchev–Trinajstić information content (AvgIpc) is 3.30. The number of pyridine rings is 2. The highest BCUT2D eigenvalue weighted by molar-refractivity contribution is 5.75. The predicted molar refractivity (Wildman–Crippen MR) is 168 cm³/mol. The number of nitrogen functional groups attached to an aromatic ring is 1. The quantitative estimate of drug-likeness (QED) is 0.276. The van der Waals surface area contributed by atoms with Gasteiger partial charge >= 0.3 is 0 Å². The van der Waals surface area contributed by atoms with Gasteiger partial charge < -0.3 is 20.9 Å². The zero-order chi connectivity index (χ0) is 28.5. The lowest BCUT2D eigenvalue weighted by atomic mass is 9.82. The van der Waals surface area contributed by atoms with Gasteiger partial charge in [0.15, 0.2) is 0 Å². The zero-order valence-corrected chi connectivity index (χ0v) is 25.2. The van der Waals surface area contributed by atoms with E-state index < -0.39 is 0 Å². The van der Waals surface area contributed by atoms with Crippen LogP contribution in [-0.4, -0.2) is 52.0 Å². The van der Waals surface area contributed by atoms with Crippen molar-refractivity contribution in [1.82, 2.24) is 25.1 Å². The highest BCUT2D eigenvalue weighted by Gasteiger charge is 2.39. The number of anilines is 1. The number of piperidine rings is 1. The monoisotopic (exact) mass is 542 g/mol. The Balaban J connectivity index is 1.42. The van der Waals surface area contributed by atoms with Gasteiger partial charge in [-0.25, -0.2) is 4.98 Å². The Morgan fingerprint density at radius 2 is 1.95 bits per heavy atom. The summed E-state index contributed by atoms with van der Waals surface area (Å²) in [5, 5.41) is 3.59. The van der Waals surface area contributed by atoms with Gasteiger partial charge in [0.2, 0.25) is 0 Å². The van der Waals surface area contributed by atoms with Crippen molar-refractivity contribution in [2.45, 2.75) is 78.8 Å². The van der Waals surface area contributed by atoms with Crippen LogP contribution in [0.1, 0.15) is 77.5 Å². The SMILES string of the molecule is C=C(C(CC)CCNCc1ccnc(N)c1)N1CCC(C2=C(c3ccccn3)N(CC)C(CCC)/C2=C\C)CC1. The molecule has 4 heterocycles. The number of nitrogens with two attached hydrogens (primary N) is 1. The normalized spacial score (nSPS) is 20.0. The number of hydrogen-bond acceptors (Lipinski definition) is 6. The minimum atomic E-state index is 0.459. The first kappa shape index (κ1) is 29.9.